The highest BCUT2D eigenvalue weighted by molar-refractivity contribution is 5.21. The fraction of sp³-hybridized carbons (Fsp3) is 0.625. The number of aliphatic hydroxyl groups is 1. The summed E-state index contributed by atoms with van der Waals surface area (Å²) in [4.78, 5) is 2.43. The highest BCUT2D eigenvalue weighted by Crippen LogP contribution is 2.28. The summed E-state index contributed by atoms with van der Waals surface area (Å²) in [5, 5.41) is 10.7. The first kappa shape index (κ1) is 13.6. The van der Waals surface area contributed by atoms with E-state index in [0.29, 0.717) is 6.04 Å². The molecule has 0 saturated carbocycles. The summed E-state index contributed by atoms with van der Waals surface area (Å²) in [5.74, 6) is 0.727. The minimum atomic E-state index is -0.757. The summed E-state index contributed by atoms with van der Waals surface area (Å²) in [6.07, 6.45) is 2.56. The number of benzene rings is 1. The maximum atomic E-state index is 10.7. The molecule has 0 spiro atoms. The molecule has 3 unspecified atom stereocenters. The molecule has 0 amide bonds. The Kier molecular flexibility index (Phi) is 4.08. The number of nitrogens with zero attached hydrogens (tertiary/aromatic N) is 1. The zero-order valence-electron chi connectivity index (χ0n) is 11.8. The van der Waals surface area contributed by atoms with E-state index in [1.807, 2.05) is 37.3 Å². The first-order valence-corrected chi connectivity index (χ1v) is 7.02. The standard InChI is InChI=1S/C16H25NO/c1-13-8-7-11-17(14(13)2)12-16(3,18)15-9-5-4-6-10-15/h4-6,9-10,13-14,18H,7-8,11-12H2,1-3H3. The first-order chi connectivity index (χ1) is 8.50. The molecular weight excluding hydrogens is 222 g/mol. The molecule has 2 heteroatoms. The van der Waals surface area contributed by atoms with Gasteiger partial charge in [0, 0.05) is 12.6 Å². The summed E-state index contributed by atoms with van der Waals surface area (Å²) in [6, 6.07) is 10.6. The van der Waals surface area contributed by atoms with Gasteiger partial charge in [-0.05, 0) is 44.7 Å². The molecule has 0 aliphatic carbocycles. The van der Waals surface area contributed by atoms with Gasteiger partial charge in [-0.15, -0.1) is 0 Å². The molecule has 0 aromatic heterocycles. The number of hydrogen-bond donors (Lipinski definition) is 1. The van der Waals surface area contributed by atoms with E-state index in [4.69, 9.17) is 0 Å². The molecule has 2 rings (SSSR count). The number of piperidine rings is 1. The summed E-state index contributed by atoms with van der Waals surface area (Å²) in [6.45, 7) is 8.35. The van der Waals surface area contributed by atoms with Gasteiger partial charge in [-0.3, -0.25) is 4.90 Å². The summed E-state index contributed by atoms with van der Waals surface area (Å²) >= 11 is 0. The molecule has 3 atom stereocenters. The molecule has 1 saturated heterocycles. The van der Waals surface area contributed by atoms with Crippen LogP contribution in [0.15, 0.2) is 30.3 Å². The zero-order chi connectivity index (χ0) is 13.2. The predicted molar refractivity (Wildman–Crippen MR) is 75.4 cm³/mol. The Morgan fingerprint density at radius 3 is 2.61 bits per heavy atom. The molecule has 18 heavy (non-hydrogen) atoms. The van der Waals surface area contributed by atoms with Gasteiger partial charge >= 0.3 is 0 Å². The summed E-state index contributed by atoms with van der Waals surface area (Å²) in [5.41, 5.74) is 0.252. The maximum absolute atomic E-state index is 10.7. The lowest BCUT2D eigenvalue weighted by Crippen LogP contribution is -2.48. The van der Waals surface area contributed by atoms with Crippen LogP contribution in [0, 0.1) is 5.92 Å². The topological polar surface area (TPSA) is 23.5 Å². The van der Waals surface area contributed by atoms with Gasteiger partial charge < -0.3 is 5.11 Å². The van der Waals surface area contributed by atoms with Crippen molar-refractivity contribution in [1.29, 1.82) is 0 Å². The summed E-state index contributed by atoms with van der Waals surface area (Å²) < 4.78 is 0. The Hall–Kier alpha value is -0.860. The molecule has 0 bridgehead atoms. The third-order valence-electron chi connectivity index (χ3n) is 4.41. The van der Waals surface area contributed by atoms with Crippen molar-refractivity contribution in [2.45, 2.75) is 45.3 Å². The molecule has 1 aromatic rings. The van der Waals surface area contributed by atoms with Gasteiger partial charge in [-0.1, -0.05) is 37.3 Å². The van der Waals surface area contributed by atoms with Crippen molar-refractivity contribution in [1.82, 2.24) is 4.90 Å². The lowest BCUT2D eigenvalue weighted by atomic mass is 9.89. The van der Waals surface area contributed by atoms with Crippen LogP contribution in [0.3, 0.4) is 0 Å². The van der Waals surface area contributed by atoms with Gasteiger partial charge in [0.25, 0.3) is 0 Å². The number of β-amino-alcohol motifs (C(OH)–C–C–N with tert-alkyl or cyclic N) is 1. The molecular formula is C16H25NO. The van der Waals surface area contributed by atoms with E-state index in [-0.39, 0.29) is 0 Å². The van der Waals surface area contributed by atoms with Crippen LogP contribution in [0.25, 0.3) is 0 Å². The molecule has 1 N–H and O–H groups in total. The van der Waals surface area contributed by atoms with Gasteiger partial charge in [-0.25, -0.2) is 0 Å². The molecule has 0 radical (unpaired) electrons. The maximum Gasteiger partial charge on any atom is 0.0994 e. The van der Waals surface area contributed by atoms with E-state index in [1.165, 1.54) is 12.8 Å². The molecule has 2 nitrogen and oxygen atoms in total. The van der Waals surface area contributed by atoms with Gasteiger partial charge in [-0.2, -0.15) is 0 Å². The Labute approximate surface area is 111 Å². The van der Waals surface area contributed by atoms with Crippen molar-refractivity contribution >= 4 is 0 Å². The second-order valence-electron chi connectivity index (χ2n) is 5.97. The Bertz CT molecular complexity index is 374. The van der Waals surface area contributed by atoms with Crippen molar-refractivity contribution in [3.63, 3.8) is 0 Å². The largest absolute Gasteiger partial charge is 0.384 e. The second-order valence-corrected chi connectivity index (χ2v) is 5.97. The van der Waals surface area contributed by atoms with Crippen molar-refractivity contribution in [2.75, 3.05) is 13.1 Å². The average molecular weight is 247 g/mol. The normalized spacial score (nSPS) is 28.9. The van der Waals surface area contributed by atoms with Crippen molar-refractivity contribution in [3.05, 3.63) is 35.9 Å². The van der Waals surface area contributed by atoms with Crippen LogP contribution in [0.2, 0.25) is 0 Å². The Balaban J connectivity index is 2.08. The van der Waals surface area contributed by atoms with Crippen molar-refractivity contribution in [3.8, 4) is 0 Å². The molecule has 1 aliphatic heterocycles. The second kappa shape index (κ2) is 5.41. The number of likely N-dealkylation sites (tertiary alicyclic amines) is 1. The average Bonchev–Trinajstić information content (AvgIpc) is 2.36. The Morgan fingerprint density at radius 2 is 1.94 bits per heavy atom. The fourth-order valence-corrected chi connectivity index (χ4v) is 2.93. The SMILES string of the molecule is CC1CCCN(CC(C)(O)c2ccccc2)C1C. The van der Waals surface area contributed by atoms with Crippen LogP contribution in [-0.2, 0) is 5.60 Å². The molecule has 1 aliphatic rings. The molecule has 1 heterocycles. The van der Waals surface area contributed by atoms with Gasteiger partial charge in [0.05, 0.1) is 5.60 Å². The molecule has 100 valence electrons. The predicted octanol–water partition coefficient (Wildman–Crippen LogP) is 3.01. The quantitative estimate of drug-likeness (QED) is 0.887. The lowest BCUT2D eigenvalue weighted by molar-refractivity contribution is -0.0146. The van der Waals surface area contributed by atoms with E-state index in [2.05, 4.69) is 18.7 Å². The van der Waals surface area contributed by atoms with Crippen molar-refractivity contribution < 1.29 is 5.11 Å². The van der Waals surface area contributed by atoms with Crippen LogP contribution >= 0.6 is 0 Å². The van der Waals surface area contributed by atoms with Crippen molar-refractivity contribution in [2.24, 2.45) is 5.92 Å². The van der Waals surface area contributed by atoms with E-state index in [9.17, 15) is 5.11 Å². The van der Waals surface area contributed by atoms with Gasteiger partial charge in [0.15, 0.2) is 0 Å². The number of hydrogen-bond acceptors (Lipinski definition) is 2. The zero-order valence-corrected chi connectivity index (χ0v) is 11.8. The van der Waals surface area contributed by atoms with E-state index in [0.717, 1.165) is 24.6 Å². The van der Waals surface area contributed by atoms with Crippen LogP contribution in [0.4, 0.5) is 0 Å². The summed E-state index contributed by atoms with van der Waals surface area (Å²) in [7, 11) is 0. The van der Waals surface area contributed by atoms with Crippen LogP contribution in [0.5, 0.6) is 0 Å². The van der Waals surface area contributed by atoms with Crippen LogP contribution in [-0.4, -0.2) is 29.1 Å². The van der Waals surface area contributed by atoms with E-state index < -0.39 is 5.60 Å². The van der Waals surface area contributed by atoms with E-state index >= 15 is 0 Å². The smallest absolute Gasteiger partial charge is 0.0994 e. The highest BCUT2D eigenvalue weighted by Gasteiger charge is 2.31. The molecule has 1 aromatic carbocycles. The fourth-order valence-electron chi connectivity index (χ4n) is 2.93. The van der Waals surface area contributed by atoms with Crippen LogP contribution < -0.4 is 0 Å². The minimum Gasteiger partial charge on any atom is -0.384 e. The van der Waals surface area contributed by atoms with E-state index in [1.54, 1.807) is 0 Å². The Morgan fingerprint density at radius 1 is 1.28 bits per heavy atom. The monoisotopic (exact) mass is 247 g/mol. The molecule has 1 fully saturated rings. The van der Waals surface area contributed by atoms with Crippen LogP contribution in [0.1, 0.15) is 39.2 Å². The van der Waals surface area contributed by atoms with Gasteiger partial charge in [0.2, 0.25) is 0 Å². The third-order valence-corrected chi connectivity index (χ3v) is 4.41. The third kappa shape index (κ3) is 2.93. The lowest BCUT2D eigenvalue weighted by Gasteiger charge is -2.41. The highest BCUT2D eigenvalue weighted by atomic mass is 16.3. The minimum absolute atomic E-state index is 0.564. The first-order valence-electron chi connectivity index (χ1n) is 7.02. The number of rotatable bonds is 3. The van der Waals surface area contributed by atoms with Gasteiger partial charge in [0.1, 0.15) is 0 Å².